The number of carbonyl (C=O) groups is 1. The minimum atomic E-state index is -3.84. The van der Waals surface area contributed by atoms with Gasteiger partial charge in [-0.3, -0.25) is 4.79 Å². The number of carbonyl (C=O) groups excluding carboxylic acids is 1. The van der Waals surface area contributed by atoms with Crippen LogP contribution in [-0.2, 0) is 10.0 Å². The lowest BCUT2D eigenvalue weighted by Gasteiger charge is -2.18. The van der Waals surface area contributed by atoms with E-state index in [1.807, 2.05) is 0 Å². The van der Waals surface area contributed by atoms with Gasteiger partial charge in [0.05, 0.1) is 5.02 Å². The van der Waals surface area contributed by atoms with Crippen molar-refractivity contribution in [1.82, 2.24) is 9.71 Å². The molecule has 0 atom stereocenters. The molecule has 124 valence electrons. The number of furan rings is 1. The van der Waals surface area contributed by atoms with Gasteiger partial charge in [0.2, 0.25) is 5.09 Å². The Kier molecular flexibility index (Phi) is 4.79. The normalized spacial score (nSPS) is 12.2. The van der Waals surface area contributed by atoms with Crippen LogP contribution in [0.15, 0.2) is 40.0 Å². The summed E-state index contributed by atoms with van der Waals surface area (Å²) in [7, 11) is -3.84. The van der Waals surface area contributed by atoms with Crippen molar-refractivity contribution in [2.24, 2.45) is 0 Å². The summed E-state index contributed by atoms with van der Waals surface area (Å²) in [6.07, 6.45) is 1.38. The Morgan fingerprint density at radius 3 is 2.48 bits per heavy atom. The molecule has 0 aromatic carbocycles. The smallest absolute Gasteiger partial charge is 0.292 e. The van der Waals surface area contributed by atoms with Crippen molar-refractivity contribution < 1.29 is 17.6 Å². The van der Waals surface area contributed by atoms with Gasteiger partial charge in [-0.05, 0) is 45.0 Å². The number of aromatic nitrogens is 1. The number of amides is 1. The van der Waals surface area contributed by atoms with Crippen LogP contribution >= 0.6 is 11.6 Å². The number of nitrogens with one attached hydrogen (secondary N) is 2. The second kappa shape index (κ2) is 6.31. The van der Waals surface area contributed by atoms with Crippen LogP contribution in [0.4, 0.5) is 5.82 Å². The first-order valence-electron chi connectivity index (χ1n) is 6.63. The van der Waals surface area contributed by atoms with E-state index in [0.29, 0.717) is 5.02 Å². The molecule has 1 amide bonds. The molecule has 2 N–H and O–H groups in total. The van der Waals surface area contributed by atoms with Crippen LogP contribution in [0.2, 0.25) is 5.02 Å². The molecule has 0 unspecified atom stereocenters. The molecule has 0 radical (unpaired) electrons. The van der Waals surface area contributed by atoms with Gasteiger partial charge in [0.25, 0.3) is 15.9 Å². The lowest BCUT2D eigenvalue weighted by Crippen LogP contribution is -2.40. The third kappa shape index (κ3) is 4.78. The fraction of sp³-hybridized carbons (Fsp3) is 0.286. The van der Waals surface area contributed by atoms with E-state index in [1.54, 1.807) is 26.8 Å². The monoisotopic (exact) mass is 357 g/mol. The number of hydrogen-bond donors (Lipinski definition) is 2. The maximum Gasteiger partial charge on any atom is 0.292 e. The van der Waals surface area contributed by atoms with E-state index in [0.717, 1.165) is 0 Å². The first kappa shape index (κ1) is 17.5. The first-order valence-corrected chi connectivity index (χ1v) is 8.50. The van der Waals surface area contributed by atoms with E-state index in [4.69, 9.17) is 16.0 Å². The van der Waals surface area contributed by atoms with Gasteiger partial charge < -0.3 is 9.73 Å². The van der Waals surface area contributed by atoms with Crippen LogP contribution in [0.3, 0.4) is 0 Å². The number of anilines is 1. The van der Waals surface area contributed by atoms with Gasteiger partial charge in [-0.25, -0.2) is 18.1 Å². The maximum absolute atomic E-state index is 12.1. The van der Waals surface area contributed by atoms with Crippen molar-refractivity contribution in [3.8, 4) is 0 Å². The van der Waals surface area contributed by atoms with Crippen LogP contribution < -0.4 is 10.0 Å². The Hall–Kier alpha value is -1.90. The molecule has 2 aromatic rings. The molecular formula is C14H16ClN3O4S. The molecule has 2 heterocycles. The highest BCUT2D eigenvalue weighted by Crippen LogP contribution is 2.17. The zero-order valence-corrected chi connectivity index (χ0v) is 14.3. The van der Waals surface area contributed by atoms with Crippen molar-refractivity contribution in [1.29, 1.82) is 0 Å². The van der Waals surface area contributed by atoms with Gasteiger partial charge in [0, 0.05) is 11.7 Å². The van der Waals surface area contributed by atoms with Crippen molar-refractivity contribution >= 4 is 33.3 Å². The zero-order valence-electron chi connectivity index (χ0n) is 12.8. The zero-order chi connectivity index (χ0) is 17.3. The van der Waals surface area contributed by atoms with Gasteiger partial charge in [0.15, 0.2) is 5.76 Å². The van der Waals surface area contributed by atoms with Gasteiger partial charge in [-0.1, -0.05) is 11.6 Å². The molecule has 0 aliphatic heterocycles. The topological polar surface area (TPSA) is 101 Å². The molecule has 0 aliphatic rings. The number of sulfonamides is 1. The molecule has 9 heteroatoms. The van der Waals surface area contributed by atoms with Crippen LogP contribution in [0.25, 0.3) is 0 Å². The summed E-state index contributed by atoms with van der Waals surface area (Å²) in [5.74, 6) is -0.485. The summed E-state index contributed by atoms with van der Waals surface area (Å²) >= 11 is 5.70. The summed E-state index contributed by atoms with van der Waals surface area (Å²) in [4.78, 5) is 15.9. The Morgan fingerprint density at radius 1 is 1.22 bits per heavy atom. The summed E-state index contributed by atoms with van der Waals surface area (Å²) in [6, 6.07) is 5.58. The number of pyridine rings is 1. The maximum atomic E-state index is 12.1. The molecule has 0 saturated heterocycles. The highest BCUT2D eigenvalue weighted by Gasteiger charge is 2.26. The molecular weight excluding hydrogens is 342 g/mol. The average molecular weight is 358 g/mol. The van der Waals surface area contributed by atoms with E-state index >= 15 is 0 Å². The minimum Gasteiger partial charge on any atom is -0.438 e. The molecule has 0 aliphatic carbocycles. The average Bonchev–Trinajstić information content (AvgIpc) is 2.89. The van der Waals surface area contributed by atoms with E-state index in [2.05, 4.69) is 15.0 Å². The van der Waals surface area contributed by atoms with Crippen LogP contribution in [0.5, 0.6) is 0 Å². The SMILES string of the molecule is CC(C)(C)NS(=O)(=O)c1ccc(C(=O)Nc2ccc(Cl)cn2)o1. The number of hydrogen-bond acceptors (Lipinski definition) is 5. The standard InChI is InChI=1S/C14H16ClN3O4S/c1-14(2,3)18-23(20,21)12-7-5-10(22-12)13(19)17-11-6-4-9(15)8-16-11/h4-8,18H,1-3H3,(H,16,17,19). The molecule has 23 heavy (non-hydrogen) atoms. The number of rotatable bonds is 4. The summed E-state index contributed by atoms with van der Waals surface area (Å²) in [5.41, 5.74) is -0.665. The second-order valence-electron chi connectivity index (χ2n) is 5.79. The Bertz CT molecular complexity index is 807. The van der Waals surface area contributed by atoms with Crippen LogP contribution in [-0.4, -0.2) is 24.8 Å². The molecule has 0 fully saturated rings. The Balaban J connectivity index is 2.15. The van der Waals surface area contributed by atoms with Crippen molar-refractivity contribution in [2.75, 3.05) is 5.32 Å². The van der Waals surface area contributed by atoms with E-state index in [-0.39, 0.29) is 16.7 Å². The van der Waals surface area contributed by atoms with Crippen LogP contribution in [0.1, 0.15) is 31.3 Å². The van der Waals surface area contributed by atoms with Crippen molar-refractivity contribution in [2.45, 2.75) is 31.4 Å². The summed E-state index contributed by atoms with van der Waals surface area (Å²) < 4.78 is 31.8. The van der Waals surface area contributed by atoms with Crippen molar-refractivity contribution in [3.63, 3.8) is 0 Å². The minimum absolute atomic E-state index is 0.143. The van der Waals surface area contributed by atoms with Gasteiger partial charge >= 0.3 is 0 Å². The Labute approximate surface area is 139 Å². The molecule has 0 spiro atoms. The predicted octanol–water partition coefficient (Wildman–Crippen LogP) is 2.66. The second-order valence-corrected chi connectivity index (χ2v) is 7.84. The van der Waals surface area contributed by atoms with Gasteiger partial charge in [0.1, 0.15) is 5.82 Å². The lowest BCUT2D eigenvalue weighted by atomic mass is 10.1. The fourth-order valence-corrected chi connectivity index (χ4v) is 3.13. The van der Waals surface area contributed by atoms with E-state index in [9.17, 15) is 13.2 Å². The Morgan fingerprint density at radius 2 is 1.91 bits per heavy atom. The third-order valence-electron chi connectivity index (χ3n) is 2.48. The fourth-order valence-electron chi connectivity index (χ4n) is 1.67. The van der Waals surface area contributed by atoms with E-state index in [1.165, 1.54) is 24.4 Å². The highest BCUT2D eigenvalue weighted by atomic mass is 35.5. The molecule has 7 nitrogen and oxygen atoms in total. The van der Waals surface area contributed by atoms with E-state index < -0.39 is 21.5 Å². The van der Waals surface area contributed by atoms with Gasteiger partial charge in [-0.2, -0.15) is 0 Å². The molecule has 2 rings (SSSR count). The highest BCUT2D eigenvalue weighted by molar-refractivity contribution is 7.89. The lowest BCUT2D eigenvalue weighted by molar-refractivity contribution is 0.0991. The molecule has 2 aromatic heterocycles. The largest absolute Gasteiger partial charge is 0.438 e. The molecule has 0 bridgehead atoms. The predicted molar refractivity (Wildman–Crippen MR) is 86.0 cm³/mol. The quantitative estimate of drug-likeness (QED) is 0.875. The van der Waals surface area contributed by atoms with Crippen molar-refractivity contribution in [3.05, 3.63) is 41.2 Å². The van der Waals surface area contributed by atoms with Crippen LogP contribution in [0, 0.1) is 0 Å². The number of halogens is 1. The third-order valence-corrected chi connectivity index (χ3v) is 4.33. The summed E-state index contributed by atoms with van der Waals surface area (Å²) in [5, 5.41) is 2.58. The van der Waals surface area contributed by atoms with Gasteiger partial charge in [-0.15, -0.1) is 0 Å². The number of nitrogens with zero attached hydrogens (tertiary/aromatic N) is 1. The molecule has 0 saturated carbocycles. The first-order chi connectivity index (χ1) is 10.6. The summed E-state index contributed by atoms with van der Waals surface area (Å²) in [6.45, 7) is 5.11.